The lowest BCUT2D eigenvalue weighted by molar-refractivity contribution is -0.0323. The minimum absolute atomic E-state index is 0.0442. The minimum atomic E-state index is 0.0442. The second-order valence-electron chi connectivity index (χ2n) is 6.28. The number of ether oxygens (including phenoxy) is 1. The van der Waals surface area contributed by atoms with Crippen molar-refractivity contribution < 1.29 is 4.74 Å². The molecule has 3 aromatic rings. The van der Waals surface area contributed by atoms with E-state index in [4.69, 9.17) is 9.72 Å². The van der Waals surface area contributed by atoms with E-state index in [9.17, 15) is 0 Å². The molecule has 0 saturated carbocycles. The van der Waals surface area contributed by atoms with Crippen LogP contribution in [-0.4, -0.2) is 40.2 Å². The maximum atomic E-state index is 5.76. The molecule has 1 aliphatic heterocycles. The fraction of sp³-hybridized carbons (Fsp3) is 0.444. The molecule has 0 N–H and O–H groups in total. The van der Waals surface area contributed by atoms with Crippen molar-refractivity contribution in [2.45, 2.75) is 31.8 Å². The molecule has 1 saturated heterocycles. The first kappa shape index (κ1) is 14.5. The summed E-state index contributed by atoms with van der Waals surface area (Å²) in [5.41, 5.74) is 2.13. The van der Waals surface area contributed by atoms with Crippen LogP contribution in [0, 0.1) is 0 Å². The number of anilines is 1. The van der Waals surface area contributed by atoms with Crippen LogP contribution < -0.4 is 4.90 Å². The van der Waals surface area contributed by atoms with Crippen molar-refractivity contribution in [3.8, 4) is 0 Å². The van der Waals surface area contributed by atoms with Gasteiger partial charge in [0.2, 0.25) is 5.78 Å². The van der Waals surface area contributed by atoms with Gasteiger partial charge in [0.1, 0.15) is 5.82 Å². The maximum Gasteiger partial charge on any atom is 0.236 e. The number of methoxy groups -OCH3 is 1. The molecule has 1 aliphatic rings. The van der Waals surface area contributed by atoms with Crippen molar-refractivity contribution in [3.63, 3.8) is 0 Å². The molecule has 5 heteroatoms. The number of rotatable bonds is 3. The molecule has 0 amide bonds. The van der Waals surface area contributed by atoms with Crippen LogP contribution in [0.4, 0.5) is 5.82 Å². The number of para-hydroxylation sites is 2. The third-order valence-electron chi connectivity index (χ3n) is 5.24. The topological polar surface area (TPSA) is 42.7 Å². The zero-order valence-electron chi connectivity index (χ0n) is 13.7. The Hall–Kier alpha value is -2.14. The normalized spacial score (nSPS) is 17.9. The van der Waals surface area contributed by atoms with Crippen LogP contribution in [0.15, 0.2) is 36.5 Å². The van der Waals surface area contributed by atoms with Crippen LogP contribution in [0.3, 0.4) is 0 Å². The van der Waals surface area contributed by atoms with Crippen molar-refractivity contribution in [3.05, 3.63) is 36.5 Å². The quantitative estimate of drug-likeness (QED) is 0.744. The van der Waals surface area contributed by atoms with Crippen LogP contribution in [0.2, 0.25) is 0 Å². The highest BCUT2D eigenvalue weighted by Crippen LogP contribution is 2.31. The van der Waals surface area contributed by atoms with Crippen molar-refractivity contribution in [1.82, 2.24) is 14.4 Å². The highest BCUT2D eigenvalue weighted by Gasteiger charge is 2.33. The third-order valence-corrected chi connectivity index (χ3v) is 5.24. The number of imidazole rings is 1. The molecule has 0 atom stereocenters. The molecule has 3 heterocycles. The zero-order chi connectivity index (χ0) is 15.9. The molecule has 1 aromatic carbocycles. The highest BCUT2D eigenvalue weighted by molar-refractivity contribution is 5.79. The predicted molar refractivity (Wildman–Crippen MR) is 92.0 cm³/mol. The molecule has 0 radical (unpaired) electrons. The molecule has 1 fully saturated rings. The SMILES string of the molecule is CCC1(OC)CCN(c2ccn3c(n2)nc2ccccc23)CC1. The van der Waals surface area contributed by atoms with E-state index in [1.807, 2.05) is 29.7 Å². The molecule has 0 aliphatic carbocycles. The van der Waals surface area contributed by atoms with Gasteiger partial charge in [0.25, 0.3) is 0 Å². The van der Waals surface area contributed by atoms with Crippen LogP contribution in [0.5, 0.6) is 0 Å². The monoisotopic (exact) mass is 310 g/mol. The number of benzene rings is 1. The smallest absolute Gasteiger partial charge is 0.236 e. The van der Waals surface area contributed by atoms with Crippen molar-refractivity contribution in [2.75, 3.05) is 25.1 Å². The van der Waals surface area contributed by atoms with E-state index >= 15 is 0 Å². The first-order chi connectivity index (χ1) is 11.2. The number of hydrogen-bond donors (Lipinski definition) is 0. The summed E-state index contributed by atoms with van der Waals surface area (Å²) in [5.74, 6) is 1.77. The van der Waals surface area contributed by atoms with Crippen LogP contribution in [0.25, 0.3) is 16.8 Å². The van der Waals surface area contributed by atoms with E-state index in [2.05, 4.69) is 35.1 Å². The van der Waals surface area contributed by atoms with Crippen LogP contribution in [-0.2, 0) is 4.74 Å². The second kappa shape index (κ2) is 5.49. The van der Waals surface area contributed by atoms with Gasteiger partial charge in [-0.05, 0) is 37.5 Å². The Bertz CT molecular complexity index is 827. The summed E-state index contributed by atoms with van der Waals surface area (Å²) in [6.07, 6.45) is 5.23. The summed E-state index contributed by atoms with van der Waals surface area (Å²) < 4.78 is 7.81. The van der Waals surface area contributed by atoms with Gasteiger partial charge in [-0.25, -0.2) is 4.98 Å². The second-order valence-corrected chi connectivity index (χ2v) is 6.28. The first-order valence-electron chi connectivity index (χ1n) is 8.29. The van der Waals surface area contributed by atoms with Gasteiger partial charge >= 0.3 is 0 Å². The molecular formula is C18H22N4O. The van der Waals surface area contributed by atoms with E-state index < -0.39 is 0 Å². The van der Waals surface area contributed by atoms with Gasteiger partial charge in [-0.3, -0.25) is 4.40 Å². The highest BCUT2D eigenvalue weighted by atomic mass is 16.5. The Morgan fingerprint density at radius 2 is 1.91 bits per heavy atom. The Morgan fingerprint density at radius 1 is 1.13 bits per heavy atom. The number of nitrogens with zero attached hydrogens (tertiary/aromatic N) is 4. The van der Waals surface area contributed by atoms with Crippen molar-refractivity contribution in [1.29, 1.82) is 0 Å². The average molecular weight is 310 g/mol. The molecule has 0 bridgehead atoms. The fourth-order valence-electron chi connectivity index (χ4n) is 3.56. The van der Waals surface area contributed by atoms with Crippen LogP contribution in [0.1, 0.15) is 26.2 Å². The molecule has 120 valence electrons. The standard InChI is InChI=1S/C18H22N4O/c1-3-18(23-2)9-12-21(13-10-18)16-8-11-22-15-7-5-4-6-14(15)19-17(22)20-16/h4-8,11H,3,9-10,12-13H2,1-2H3. The Labute approximate surface area is 135 Å². The minimum Gasteiger partial charge on any atom is -0.378 e. The molecule has 5 nitrogen and oxygen atoms in total. The lowest BCUT2D eigenvalue weighted by atomic mass is 9.88. The number of hydrogen-bond acceptors (Lipinski definition) is 4. The van der Waals surface area contributed by atoms with Gasteiger partial charge in [-0.15, -0.1) is 0 Å². The fourth-order valence-corrected chi connectivity index (χ4v) is 3.56. The molecule has 0 unspecified atom stereocenters. The van der Waals surface area contributed by atoms with E-state index in [-0.39, 0.29) is 5.60 Å². The van der Waals surface area contributed by atoms with E-state index in [0.717, 1.165) is 55.0 Å². The zero-order valence-corrected chi connectivity index (χ0v) is 13.7. The summed E-state index contributed by atoms with van der Waals surface area (Å²) in [6, 6.07) is 10.2. The largest absolute Gasteiger partial charge is 0.378 e. The molecular weight excluding hydrogens is 288 g/mol. The van der Waals surface area contributed by atoms with Crippen molar-refractivity contribution >= 4 is 22.6 Å². The van der Waals surface area contributed by atoms with E-state index in [1.165, 1.54) is 0 Å². The molecule has 0 spiro atoms. The van der Waals surface area contributed by atoms with Gasteiger partial charge < -0.3 is 9.64 Å². The number of fused-ring (bicyclic) bond motifs is 3. The van der Waals surface area contributed by atoms with Gasteiger partial charge in [0.15, 0.2) is 0 Å². The lowest BCUT2D eigenvalue weighted by Crippen LogP contribution is -2.45. The summed E-state index contributed by atoms with van der Waals surface area (Å²) in [5, 5.41) is 0. The maximum absolute atomic E-state index is 5.76. The lowest BCUT2D eigenvalue weighted by Gasteiger charge is -2.40. The van der Waals surface area contributed by atoms with Gasteiger partial charge in [-0.1, -0.05) is 19.1 Å². The summed E-state index contributed by atoms with van der Waals surface area (Å²) in [4.78, 5) is 11.7. The molecule has 2 aromatic heterocycles. The van der Waals surface area contributed by atoms with Gasteiger partial charge in [0, 0.05) is 26.4 Å². The Balaban J connectivity index is 1.64. The molecule has 23 heavy (non-hydrogen) atoms. The Kier molecular flexibility index (Phi) is 3.45. The number of aromatic nitrogens is 3. The van der Waals surface area contributed by atoms with Gasteiger partial charge in [-0.2, -0.15) is 4.98 Å². The van der Waals surface area contributed by atoms with E-state index in [0.29, 0.717) is 0 Å². The first-order valence-corrected chi connectivity index (χ1v) is 8.29. The summed E-state index contributed by atoms with van der Waals surface area (Å²) in [7, 11) is 1.83. The van der Waals surface area contributed by atoms with Gasteiger partial charge in [0.05, 0.1) is 16.6 Å². The van der Waals surface area contributed by atoms with Crippen molar-refractivity contribution in [2.24, 2.45) is 0 Å². The summed E-state index contributed by atoms with van der Waals surface area (Å²) in [6.45, 7) is 4.16. The predicted octanol–water partition coefficient (Wildman–Crippen LogP) is 3.28. The Morgan fingerprint density at radius 3 is 2.65 bits per heavy atom. The number of piperidine rings is 1. The third kappa shape index (κ3) is 2.36. The molecule has 4 rings (SSSR count). The van der Waals surface area contributed by atoms with Crippen LogP contribution >= 0.6 is 0 Å². The van der Waals surface area contributed by atoms with E-state index in [1.54, 1.807) is 0 Å². The summed E-state index contributed by atoms with van der Waals surface area (Å²) >= 11 is 0. The average Bonchev–Trinajstić information content (AvgIpc) is 2.99.